The molecule has 0 bridgehead atoms. The molecule has 1 saturated heterocycles. The van der Waals surface area contributed by atoms with E-state index in [-0.39, 0.29) is 6.17 Å². The van der Waals surface area contributed by atoms with E-state index in [4.69, 9.17) is 0 Å². The van der Waals surface area contributed by atoms with Crippen molar-refractivity contribution < 1.29 is 0 Å². The van der Waals surface area contributed by atoms with Crippen molar-refractivity contribution in [2.75, 3.05) is 20.3 Å². The quantitative estimate of drug-likeness (QED) is 0.372. The van der Waals surface area contributed by atoms with Crippen molar-refractivity contribution in [2.24, 2.45) is 0 Å². The lowest BCUT2D eigenvalue weighted by atomic mass is 9.95. The molecule has 8 heteroatoms. The number of nitrogens with zero attached hydrogens (tertiary/aromatic N) is 4. The fraction of sp³-hybridized carbons (Fsp3) is 0.889. The Hall–Kier alpha value is -0.120. The number of alkyl halides is 1. The summed E-state index contributed by atoms with van der Waals surface area (Å²) < 4.78 is -0.396. The SMILES string of the molecule is CCCCC(Br)Cc1nnc([N+]2([O-])CN(C)CC2NC2CCCCC2)s1. The first-order valence-corrected chi connectivity index (χ1v) is 11.7. The summed E-state index contributed by atoms with van der Waals surface area (Å²) in [6.07, 6.45) is 10.5. The molecular formula is C18H32BrN5OS. The lowest BCUT2D eigenvalue weighted by molar-refractivity contribution is 0.245. The molecule has 148 valence electrons. The second kappa shape index (κ2) is 9.39. The molecule has 1 aliphatic carbocycles. The number of nitrogens with one attached hydrogen (secondary N) is 1. The fourth-order valence-electron chi connectivity index (χ4n) is 4.05. The van der Waals surface area contributed by atoms with Crippen molar-refractivity contribution in [2.45, 2.75) is 81.7 Å². The number of hydroxylamine groups is 2. The van der Waals surface area contributed by atoms with Gasteiger partial charge in [0.2, 0.25) is 0 Å². The smallest absolute Gasteiger partial charge is 0.309 e. The number of rotatable bonds is 8. The molecule has 1 saturated carbocycles. The monoisotopic (exact) mass is 445 g/mol. The number of halogens is 1. The zero-order chi connectivity index (χ0) is 18.6. The maximum Gasteiger partial charge on any atom is 0.309 e. The van der Waals surface area contributed by atoms with Gasteiger partial charge in [-0.3, -0.25) is 14.9 Å². The average molecular weight is 446 g/mol. The maximum atomic E-state index is 13.7. The minimum absolute atomic E-state index is 0.135. The van der Waals surface area contributed by atoms with Gasteiger partial charge in [-0.1, -0.05) is 60.1 Å². The maximum absolute atomic E-state index is 13.7. The van der Waals surface area contributed by atoms with Crippen LogP contribution in [-0.4, -0.2) is 52.4 Å². The van der Waals surface area contributed by atoms with E-state index in [1.54, 1.807) is 0 Å². The molecule has 0 aromatic carbocycles. The van der Waals surface area contributed by atoms with Crippen molar-refractivity contribution in [3.05, 3.63) is 10.2 Å². The predicted octanol–water partition coefficient (Wildman–Crippen LogP) is 3.99. The molecule has 3 atom stereocenters. The molecule has 1 aliphatic heterocycles. The van der Waals surface area contributed by atoms with E-state index in [9.17, 15) is 5.21 Å². The first-order chi connectivity index (χ1) is 12.5. The molecule has 6 nitrogen and oxygen atoms in total. The Kier molecular flexibility index (Phi) is 7.44. The summed E-state index contributed by atoms with van der Waals surface area (Å²) in [6.45, 7) is 3.43. The number of aromatic nitrogens is 2. The highest BCUT2D eigenvalue weighted by Crippen LogP contribution is 2.34. The van der Waals surface area contributed by atoms with E-state index in [1.807, 2.05) is 7.05 Å². The molecule has 0 spiro atoms. The highest BCUT2D eigenvalue weighted by Gasteiger charge is 2.43. The van der Waals surface area contributed by atoms with Gasteiger partial charge in [-0.25, -0.2) is 0 Å². The van der Waals surface area contributed by atoms with Crippen molar-refractivity contribution in [3.8, 4) is 0 Å². The summed E-state index contributed by atoms with van der Waals surface area (Å²) in [5.41, 5.74) is 0. The highest BCUT2D eigenvalue weighted by molar-refractivity contribution is 9.09. The van der Waals surface area contributed by atoms with Gasteiger partial charge in [-0.15, -0.1) is 5.10 Å². The lowest BCUT2D eigenvalue weighted by Crippen LogP contribution is -2.58. The van der Waals surface area contributed by atoms with Gasteiger partial charge in [0.15, 0.2) is 6.17 Å². The van der Waals surface area contributed by atoms with Crippen LogP contribution in [0.5, 0.6) is 0 Å². The zero-order valence-electron chi connectivity index (χ0n) is 16.0. The van der Waals surface area contributed by atoms with Crippen molar-refractivity contribution in [1.82, 2.24) is 25.1 Å². The van der Waals surface area contributed by atoms with Crippen LogP contribution in [0.1, 0.15) is 63.3 Å². The first-order valence-electron chi connectivity index (χ1n) is 10.0. The standard InChI is InChI=1S/C18H32BrN5OS/c1-3-4-8-14(19)11-17-21-22-18(26-17)24(25)13-23(2)12-16(24)20-15-9-6-5-7-10-15/h14-16,20H,3-13H2,1-2H3. The lowest BCUT2D eigenvalue weighted by Gasteiger charge is -2.41. The molecule has 0 radical (unpaired) electrons. The number of unbranched alkanes of at least 4 members (excludes halogenated alkanes) is 1. The first kappa shape index (κ1) is 20.6. The van der Waals surface area contributed by atoms with Crippen LogP contribution in [0.2, 0.25) is 0 Å². The van der Waals surface area contributed by atoms with Crippen molar-refractivity contribution in [3.63, 3.8) is 0 Å². The predicted molar refractivity (Wildman–Crippen MR) is 112 cm³/mol. The van der Waals surface area contributed by atoms with E-state index in [2.05, 4.69) is 43.3 Å². The average Bonchev–Trinajstić information content (AvgIpc) is 3.19. The van der Waals surface area contributed by atoms with Crippen LogP contribution in [0.4, 0.5) is 5.13 Å². The van der Waals surface area contributed by atoms with Crippen LogP contribution < -0.4 is 9.96 Å². The summed E-state index contributed by atoms with van der Waals surface area (Å²) in [7, 11) is 2.02. The molecule has 1 N–H and O–H groups in total. The Morgan fingerprint density at radius 3 is 2.85 bits per heavy atom. The number of hydrogen-bond donors (Lipinski definition) is 1. The molecule has 3 unspecified atom stereocenters. The summed E-state index contributed by atoms with van der Waals surface area (Å²) in [5, 5.41) is 27.6. The minimum atomic E-state index is -0.396. The van der Waals surface area contributed by atoms with Gasteiger partial charge in [0.25, 0.3) is 0 Å². The van der Waals surface area contributed by atoms with Crippen LogP contribution in [0.25, 0.3) is 0 Å². The highest BCUT2D eigenvalue weighted by atomic mass is 79.9. The van der Waals surface area contributed by atoms with Gasteiger partial charge in [-0.05, 0) is 37.6 Å². The summed E-state index contributed by atoms with van der Waals surface area (Å²) >= 11 is 5.24. The van der Waals surface area contributed by atoms with Gasteiger partial charge in [0.1, 0.15) is 11.7 Å². The summed E-state index contributed by atoms with van der Waals surface area (Å²) in [5.74, 6) is 0. The molecular weight excluding hydrogens is 414 g/mol. The van der Waals surface area contributed by atoms with Crippen LogP contribution in [0, 0.1) is 5.21 Å². The Morgan fingerprint density at radius 2 is 2.12 bits per heavy atom. The number of quaternary nitrogens is 1. The Bertz CT molecular complexity index is 568. The zero-order valence-corrected chi connectivity index (χ0v) is 18.4. The molecule has 1 aromatic heterocycles. The molecule has 1 aromatic rings. The number of hydrogen-bond acceptors (Lipinski definition) is 6. The van der Waals surface area contributed by atoms with Gasteiger partial charge in [0.05, 0.1) is 6.54 Å². The topological polar surface area (TPSA) is 64.1 Å². The number of likely N-dealkylation sites (N-methyl/N-ethyl adjacent to an activating group) is 1. The van der Waals surface area contributed by atoms with E-state index < -0.39 is 4.65 Å². The normalized spacial score (nSPS) is 29.3. The van der Waals surface area contributed by atoms with Crippen molar-refractivity contribution >= 4 is 32.4 Å². The van der Waals surface area contributed by atoms with Crippen LogP contribution in [0.15, 0.2) is 0 Å². The van der Waals surface area contributed by atoms with E-state index in [1.165, 1.54) is 56.3 Å². The Morgan fingerprint density at radius 1 is 1.35 bits per heavy atom. The second-order valence-corrected chi connectivity index (χ2v) is 10.3. The van der Waals surface area contributed by atoms with Crippen LogP contribution >= 0.6 is 27.3 Å². The Labute approximate surface area is 169 Å². The third kappa shape index (κ3) is 5.02. The van der Waals surface area contributed by atoms with E-state index in [0.717, 1.165) is 24.4 Å². The third-order valence-electron chi connectivity index (χ3n) is 5.52. The summed E-state index contributed by atoms with van der Waals surface area (Å²) in [6, 6.07) is 0.472. The molecule has 2 aliphatic rings. The van der Waals surface area contributed by atoms with Crippen LogP contribution in [0.3, 0.4) is 0 Å². The summed E-state index contributed by atoms with van der Waals surface area (Å²) in [4.78, 5) is 2.53. The fourth-order valence-corrected chi connectivity index (χ4v) is 5.89. The van der Waals surface area contributed by atoms with Gasteiger partial charge < -0.3 is 5.21 Å². The second-order valence-electron chi connectivity index (χ2n) is 7.92. The molecule has 3 rings (SSSR count). The molecule has 2 heterocycles. The molecule has 26 heavy (non-hydrogen) atoms. The van der Waals surface area contributed by atoms with Gasteiger partial charge >= 0.3 is 5.13 Å². The Balaban J connectivity index is 1.66. The molecule has 2 fully saturated rings. The largest absolute Gasteiger partial charge is 0.623 e. The van der Waals surface area contributed by atoms with Gasteiger partial charge in [-0.2, -0.15) is 0 Å². The van der Waals surface area contributed by atoms with E-state index in [0.29, 0.717) is 22.7 Å². The third-order valence-corrected chi connectivity index (χ3v) is 7.36. The van der Waals surface area contributed by atoms with Crippen LogP contribution in [-0.2, 0) is 6.42 Å². The van der Waals surface area contributed by atoms with E-state index >= 15 is 0 Å². The molecule has 0 amide bonds. The van der Waals surface area contributed by atoms with Crippen molar-refractivity contribution in [1.29, 1.82) is 0 Å². The minimum Gasteiger partial charge on any atom is -0.623 e. The van der Waals surface area contributed by atoms with Gasteiger partial charge in [0, 0.05) is 17.3 Å².